The SMILES string of the molecule is COc1cc(NC(=O)CSc2nnc3c4c(C)c(C)sc4nc(C(C)C)n23)cc(OC)c1. The van der Waals surface area contributed by atoms with Gasteiger partial charge in [0.1, 0.15) is 22.2 Å². The van der Waals surface area contributed by atoms with E-state index in [-0.39, 0.29) is 17.6 Å². The molecule has 168 valence electrons. The van der Waals surface area contributed by atoms with Crippen LogP contribution in [0.5, 0.6) is 11.5 Å². The van der Waals surface area contributed by atoms with Gasteiger partial charge in [-0.1, -0.05) is 25.6 Å². The summed E-state index contributed by atoms with van der Waals surface area (Å²) >= 11 is 3.01. The van der Waals surface area contributed by atoms with Gasteiger partial charge in [0, 0.05) is 34.7 Å². The van der Waals surface area contributed by atoms with Crippen molar-refractivity contribution in [3.63, 3.8) is 0 Å². The van der Waals surface area contributed by atoms with Crippen molar-refractivity contribution >= 4 is 50.6 Å². The molecule has 0 aliphatic carbocycles. The van der Waals surface area contributed by atoms with Gasteiger partial charge in [0.05, 0.1) is 25.4 Å². The van der Waals surface area contributed by atoms with Gasteiger partial charge in [-0.05, 0) is 19.4 Å². The number of thiophene rings is 1. The van der Waals surface area contributed by atoms with Crippen LogP contribution in [0.2, 0.25) is 0 Å². The number of anilines is 1. The summed E-state index contributed by atoms with van der Waals surface area (Å²) in [4.78, 5) is 19.8. The maximum absolute atomic E-state index is 12.6. The van der Waals surface area contributed by atoms with Crippen molar-refractivity contribution in [1.82, 2.24) is 19.6 Å². The summed E-state index contributed by atoms with van der Waals surface area (Å²) in [6.45, 7) is 8.37. The zero-order chi connectivity index (χ0) is 23.0. The summed E-state index contributed by atoms with van der Waals surface area (Å²) in [6, 6.07) is 5.25. The molecule has 10 heteroatoms. The van der Waals surface area contributed by atoms with E-state index in [1.165, 1.54) is 22.2 Å². The first-order valence-corrected chi connectivity index (χ1v) is 11.9. The number of nitrogens with one attached hydrogen (secondary N) is 1. The normalized spacial score (nSPS) is 11.5. The van der Waals surface area contributed by atoms with Gasteiger partial charge in [-0.3, -0.25) is 9.20 Å². The van der Waals surface area contributed by atoms with Crippen LogP contribution < -0.4 is 14.8 Å². The number of carbonyl (C=O) groups is 1. The van der Waals surface area contributed by atoms with Crippen LogP contribution in [0.25, 0.3) is 15.9 Å². The summed E-state index contributed by atoms with van der Waals surface area (Å²) in [5, 5.41) is 13.4. The van der Waals surface area contributed by atoms with Crippen LogP contribution in [-0.4, -0.2) is 45.5 Å². The number of aromatic nitrogens is 4. The first-order valence-electron chi connectivity index (χ1n) is 10.1. The van der Waals surface area contributed by atoms with Crippen molar-refractivity contribution < 1.29 is 14.3 Å². The predicted molar refractivity (Wildman–Crippen MR) is 129 cm³/mol. The highest BCUT2D eigenvalue weighted by Gasteiger charge is 2.21. The Hall–Kier alpha value is -2.85. The molecule has 0 aliphatic rings. The number of benzene rings is 1. The first-order chi connectivity index (χ1) is 15.3. The zero-order valence-electron chi connectivity index (χ0n) is 18.8. The molecule has 1 aromatic carbocycles. The molecule has 1 N–H and O–H groups in total. The number of amides is 1. The number of carbonyl (C=O) groups excluding carboxylic acids is 1. The highest BCUT2D eigenvalue weighted by molar-refractivity contribution is 7.99. The fourth-order valence-corrected chi connectivity index (χ4v) is 5.20. The first kappa shape index (κ1) is 22.3. The zero-order valence-corrected chi connectivity index (χ0v) is 20.5. The number of hydrogen-bond donors (Lipinski definition) is 1. The minimum absolute atomic E-state index is 0.162. The number of rotatable bonds is 7. The van der Waals surface area contributed by atoms with Gasteiger partial charge < -0.3 is 14.8 Å². The van der Waals surface area contributed by atoms with Crippen LogP contribution in [-0.2, 0) is 4.79 Å². The third-order valence-corrected chi connectivity index (χ3v) is 7.18. The quantitative estimate of drug-likeness (QED) is 0.386. The predicted octanol–water partition coefficient (Wildman–Crippen LogP) is 4.83. The molecule has 0 aliphatic heterocycles. The summed E-state index contributed by atoms with van der Waals surface area (Å²) in [5.41, 5.74) is 2.57. The van der Waals surface area contributed by atoms with Crippen LogP contribution in [0.1, 0.15) is 36.0 Å². The van der Waals surface area contributed by atoms with E-state index in [4.69, 9.17) is 14.5 Å². The Labute approximate surface area is 194 Å². The molecule has 0 bridgehead atoms. The van der Waals surface area contributed by atoms with Crippen LogP contribution in [0, 0.1) is 13.8 Å². The summed E-state index contributed by atoms with van der Waals surface area (Å²) < 4.78 is 12.5. The highest BCUT2D eigenvalue weighted by atomic mass is 32.2. The standard InChI is InChI=1S/C22H25N5O3S2/c1-11(2)19-24-21-18(12(3)13(4)32-21)20-25-26-22(27(19)20)31-10-17(28)23-14-7-15(29-5)9-16(8-14)30-6/h7-9,11H,10H2,1-6H3,(H,23,28). The molecular weight excluding hydrogens is 446 g/mol. The van der Waals surface area contributed by atoms with Gasteiger partial charge in [0.15, 0.2) is 10.8 Å². The van der Waals surface area contributed by atoms with Crippen molar-refractivity contribution in [2.24, 2.45) is 0 Å². The average molecular weight is 472 g/mol. The lowest BCUT2D eigenvalue weighted by molar-refractivity contribution is -0.113. The lowest BCUT2D eigenvalue weighted by Gasteiger charge is -2.11. The molecule has 0 saturated carbocycles. The molecule has 4 aromatic rings. The molecule has 0 saturated heterocycles. The van der Waals surface area contributed by atoms with Gasteiger partial charge in [0.25, 0.3) is 0 Å². The third kappa shape index (κ3) is 4.12. The lowest BCUT2D eigenvalue weighted by atomic mass is 10.2. The molecule has 0 spiro atoms. The number of hydrogen-bond acceptors (Lipinski definition) is 8. The van der Waals surface area contributed by atoms with Gasteiger partial charge in [-0.15, -0.1) is 21.5 Å². The van der Waals surface area contributed by atoms with E-state index in [2.05, 4.69) is 43.2 Å². The van der Waals surface area contributed by atoms with Crippen LogP contribution in [0.15, 0.2) is 23.4 Å². The molecule has 3 aromatic heterocycles. The molecule has 0 atom stereocenters. The molecule has 32 heavy (non-hydrogen) atoms. The summed E-state index contributed by atoms with van der Waals surface area (Å²) in [7, 11) is 3.14. The highest BCUT2D eigenvalue weighted by Crippen LogP contribution is 2.35. The molecular formula is C22H25N5O3S2. The fourth-order valence-electron chi connectivity index (χ4n) is 3.43. The van der Waals surface area contributed by atoms with Gasteiger partial charge in [-0.2, -0.15) is 0 Å². The maximum atomic E-state index is 12.6. The Bertz CT molecular complexity index is 1290. The second kappa shape index (κ2) is 8.95. The average Bonchev–Trinajstić information content (AvgIpc) is 3.31. The van der Waals surface area contributed by atoms with Crippen molar-refractivity contribution in [3.8, 4) is 11.5 Å². The van der Waals surface area contributed by atoms with Crippen LogP contribution >= 0.6 is 23.1 Å². The minimum atomic E-state index is -0.162. The van der Waals surface area contributed by atoms with E-state index in [9.17, 15) is 4.79 Å². The molecule has 8 nitrogen and oxygen atoms in total. The molecule has 0 radical (unpaired) electrons. The van der Waals surface area contributed by atoms with E-state index < -0.39 is 0 Å². The largest absolute Gasteiger partial charge is 0.497 e. The number of methoxy groups -OCH3 is 2. The third-order valence-electron chi connectivity index (χ3n) is 5.15. The second-order valence-corrected chi connectivity index (χ2v) is 9.81. The number of ether oxygens (including phenoxy) is 2. The van der Waals surface area contributed by atoms with Crippen molar-refractivity contribution in [1.29, 1.82) is 0 Å². The number of aryl methyl sites for hydroxylation is 2. The van der Waals surface area contributed by atoms with E-state index >= 15 is 0 Å². The number of fused-ring (bicyclic) bond motifs is 3. The number of thioether (sulfide) groups is 1. The second-order valence-electron chi connectivity index (χ2n) is 7.67. The Balaban J connectivity index is 1.61. The van der Waals surface area contributed by atoms with Gasteiger partial charge >= 0.3 is 0 Å². The Morgan fingerprint density at radius 1 is 1.16 bits per heavy atom. The minimum Gasteiger partial charge on any atom is -0.497 e. The Morgan fingerprint density at radius 2 is 1.84 bits per heavy atom. The topological polar surface area (TPSA) is 90.6 Å². The molecule has 3 heterocycles. The smallest absolute Gasteiger partial charge is 0.234 e. The molecule has 4 rings (SSSR count). The maximum Gasteiger partial charge on any atom is 0.234 e. The van der Waals surface area contributed by atoms with Crippen LogP contribution in [0.4, 0.5) is 5.69 Å². The molecule has 0 fully saturated rings. The van der Waals surface area contributed by atoms with Gasteiger partial charge in [0.2, 0.25) is 5.91 Å². The fraction of sp³-hybridized carbons (Fsp3) is 0.364. The van der Waals surface area contributed by atoms with Gasteiger partial charge in [-0.25, -0.2) is 4.98 Å². The lowest BCUT2D eigenvalue weighted by Crippen LogP contribution is -2.14. The number of nitrogens with zero attached hydrogens (tertiary/aromatic N) is 4. The van der Waals surface area contributed by atoms with E-state index in [0.29, 0.717) is 22.3 Å². The Kier molecular flexibility index (Phi) is 6.25. The van der Waals surface area contributed by atoms with Crippen molar-refractivity contribution in [2.75, 3.05) is 25.3 Å². The van der Waals surface area contributed by atoms with Crippen molar-refractivity contribution in [2.45, 2.75) is 38.8 Å². The van der Waals surface area contributed by atoms with Crippen molar-refractivity contribution in [3.05, 3.63) is 34.5 Å². The van der Waals surface area contributed by atoms with E-state index in [1.807, 2.05) is 4.40 Å². The molecule has 1 amide bonds. The monoisotopic (exact) mass is 471 g/mol. The summed E-state index contributed by atoms with van der Waals surface area (Å²) in [5.74, 6) is 2.29. The summed E-state index contributed by atoms with van der Waals surface area (Å²) in [6.07, 6.45) is 0. The van der Waals surface area contributed by atoms with E-state index in [0.717, 1.165) is 21.7 Å². The molecule has 0 unspecified atom stereocenters. The van der Waals surface area contributed by atoms with E-state index in [1.54, 1.807) is 43.8 Å². The van der Waals surface area contributed by atoms with Crippen LogP contribution in [0.3, 0.4) is 0 Å². The Morgan fingerprint density at radius 3 is 2.47 bits per heavy atom.